The molecule has 158 valence electrons. The molecular formula is C25H17F3N4. The van der Waals surface area contributed by atoms with Crippen molar-refractivity contribution in [2.45, 2.75) is 12.0 Å². The van der Waals surface area contributed by atoms with E-state index in [1.165, 1.54) is 18.3 Å². The standard InChI is InChI=1S/C25H17F3N4/c26-20-8-2-7-19-22(20)24(29)32-25(19,18-9-11-31-21(13-18)23(27)28)17-6-1-4-15(12-17)16-5-3-10-30-14-16/h1-14,23H,(H2,29,32)/t25-/m0/s1. The quantitative estimate of drug-likeness (QED) is 0.482. The first-order valence-electron chi connectivity index (χ1n) is 9.91. The molecule has 1 aliphatic rings. The third-order valence-corrected chi connectivity index (χ3v) is 5.65. The summed E-state index contributed by atoms with van der Waals surface area (Å²) >= 11 is 0. The van der Waals surface area contributed by atoms with Crippen molar-refractivity contribution >= 4 is 5.84 Å². The lowest BCUT2D eigenvalue weighted by atomic mass is 9.77. The zero-order valence-electron chi connectivity index (χ0n) is 16.7. The Kier molecular flexibility index (Phi) is 4.74. The van der Waals surface area contributed by atoms with E-state index in [4.69, 9.17) is 10.7 Å². The van der Waals surface area contributed by atoms with Gasteiger partial charge in [-0.25, -0.2) is 18.2 Å². The second kappa shape index (κ2) is 7.60. The topological polar surface area (TPSA) is 64.2 Å². The molecule has 0 saturated carbocycles. The van der Waals surface area contributed by atoms with Gasteiger partial charge in [0.2, 0.25) is 0 Å². The molecule has 0 bridgehead atoms. The van der Waals surface area contributed by atoms with Gasteiger partial charge in [-0.1, -0.05) is 36.4 Å². The van der Waals surface area contributed by atoms with Gasteiger partial charge < -0.3 is 5.73 Å². The molecule has 0 radical (unpaired) electrons. The average Bonchev–Trinajstić information content (AvgIpc) is 3.14. The molecule has 7 heteroatoms. The molecule has 0 fully saturated rings. The van der Waals surface area contributed by atoms with Gasteiger partial charge in [0.05, 0.1) is 5.56 Å². The average molecular weight is 430 g/mol. The summed E-state index contributed by atoms with van der Waals surface area (Å²) in [4.78, 5) is 12.6. The fraction of sp³-hybridized carbons (Fsp3) is 0.0800. The summed E-state index contributed by atoms with van der Waals surface area (Å²) in [6.45, 7) is 0. The number of halogens is 3. The Hall–Kier alpha value is -4.00. The fourth-order valence-corrected chi connectivity index (χ4v) is 4.24. The van der Waals surface area contributed by atoms with E-state index < -0.39 is 17.8 Å². The molecule has 4 nitrogen and oxygen atoms in total. The van der Waals surface area contributed by atoms with Crippen molar-refractivity contribution in [1.29, 1.82) is 0 Å². The number of amidine groups is 1. The monoisotopic (exact) mass is 430 g/mol. The Balaban J connectivity index is 1.82. The molecular weight excluding hydrogens is 413 g/mol. The van der Waals surface area contributed by atoms with Crippen molar-refractivity contribution in [3.63, 3.8) is 0 Å². The summed E-state index contributed by atoms with van der Waals surface area (Å²) < 4.78 is 41.8. The summed E-state index contributed by atoms with van der Waals surface area (Å²) in [6, 6.07) is 18.7. The van der Waals surface area contributed by atoms with Crippen molar-refractivity contribution < 1.29 is 13.2 Å². The van der Waals surface area contributed by atoms with Crippen molar-refractivity contribution in [3.05, 3.63) is 119 Å². The molecule has 5 rings (SSSR count). The van der Waals surface area contributed by atoms with Crippen LogP contribution < -0.4 is 5.73 Å². The molecule has 32 heavy (non-hydrogen) atoms. The second-order valence-corrected chi connectivity index (χ2v) is 7.46. The SMILES string of the molecule is NC1=N[C@@](c2cccc(-c3cccnc3)c2)(c2ccnc(C(F)F)c2)c2cccc(F)c21. The van der Waals surface area contributed by atoms with Gasteiger partial charge >= 0.3 is 0 Å². The normalized spacial score (nSPS) is 17.3. The molecule has 2 aromatic carbocycles. The fourth-order valence-electron chi connectivity index (χ4n) is 4.24. The number of aliphatic imine (C=N–C) groups is 1. The first kappa shape index (κ1) is 19.9. The summed E-state index contributed by atoms with van der Waals surface area (Å²) in [5, 5.41) is 0. The van der Waals surface area contributed by atoms with E-state index in [9.17, 15) is 13.2 Å². The van der Waals surface area contributed by atoms with Gasteiger partial charge in [-0.2, -0.15) is 0 Å². The number of fused-ring (bicyclic) bond motifs is 1. The third-order valence-electron chi connectivity index (χ3n) is 5.65. The number of benzene rings is 2. The van der Waals surface area contributed by atoms with E-state index in [1.54, 1.807) is 30.6 Å². The van der Waals surface area contributed by atoms with E-state index in [0.717, 1.165) is 11.1 Å². The van der Waals surface area contributed by atoms with Crippen LogP contribution in [0, 0.1) is 5.82 Å². The summed E-state index contributed by atoms with van der Waals surface area (Å²) in [7, 11) is 0. The predicted octanol–water partition coefficient (Wildman–Crippen LogP) is 5.23. The number of aromatic nitrogens is 2. The molecule has 0 unspecified atom stereocenters. The first-order valence-corrected chi connectivity index (χ1v) is 9.91. The third kappa shape index (κ3) is 3.05. The van der Waals surface area contributed by atoms with Crippen LogP contribution in [0.15, 0.2) is 90.3 Å². The minimum Gasteiger partial charge on any atom is -0.383 e. The molecule has 1 aliphatic heterocycles. The largest absolute Gasteiger partial charge is 0.383 e. The van der Waals surface area contributed by atoms with Crippen LogP contribution in [0.4, 0.5) is 13.2 Å². The molecule has 0 amide bonds. The molecule has 0 saturated heterocycles. The zero-order valence-corrected chi connectivity index (χ0v) is 16.7. The first-order chi connectivity index (χ1) is 15.5. The predicted molar refractivity (Wildman–Crippen MR) is 116 cm³/mol. The van der Waals surface area contributed by atoms with Crippen LogP contribution in [0.1, 0.15) is 34.4 Å². The maximum atomic E-state index is 14.8. The lowest BCUT2D eigenvalue weighted by Gasteiger charge is -2.30. The van der Waals surface area contributed by atoms with Crippen LogP contribution in [-0.4, -0.2) is 15.8 Å². The summed E-state index contributed by atoms with van der Waals surface area (Å²) in [6.07, 6.45) is 1.96. The number of nitrogens with two attached hydrogens (primary N) is 1. The van der Waals surface area contributed by atoms with Crippen molar-refractivity contribution in [2.75, 3.05) is 0 Å². The van der Waals surface area contributed by atoms with Crippen LogP contribution in [0.2, 0.25) is 0 Å². The van der Waals surface area contributed by atoms with Crippen LogP contribution >= 0.6 is 0 Å². The maximum absolute atomic E-state index is 14.8. The van der Waals surface area contributed by atoms with Crippen LogP contribution in [0.5, 0.6) is 0 Å². The van der Waals surface area contributed by atoms with Crippen LogP contribution in [0.25, 0.3) is 11.1 Å². The zero-order chi connectivity index (χ0) is 22.3. The van der Waals surface area contributed by atoms with Gasteiger partial charge in [0.25, 0.3) is 6.43 Å². The van der Waals surface area contributed by atoms with E-state index in [0.29, 0.717) is 16.7 Å². The van der Waals surface area contributed by atoms with E-state index in [-0.39, 0.29) is 17.1 Å². The highest BCUT2D eigenvalue weighted by atomic mass is 19.3. The van der Waals surface area contributed by atoms with Gasteiger partial charge in [-0.3, -0.25) is 9.97 Å². The smallest absolute Gasteiger partial charge is 0.280 e. The Morgan fingerprint density at radius 2 is 1.62 bits per heavy atom. The number of nitrogens with zero attached hydrogens (tertiary/aromatic N) is 3. The lowest BCUT2D eigenvalue weighted by Crippen LogP contribution is -2.26. The maximum Gasteiger partial charge on any atom is 0.280 e. The summed E-state index contributed by atoms with van der Waals surface area (Å²) in [5.41, 5.74) is 7.99. The number of hydrogen-bond donors (Lipinski definition) is 1. The molecule has 4 aromatic rings. The highest BCUT2D eigenvalue weighted by molar-refractivity contribution is 6.03. The van der Waals surface area contributed by atoms with Gasteiger partial charge in [0.1, 0.15) is 22.9 Å². The second-order valence-electron chi connectivity index (χ2n) is 7.46. The van der Waals surface area contributed by atoms with E-state index >= 15 is 0 Å². The molecule has 0 aliphatic carbocycles. The van der Waals surface area contributed by atoms with Crippen molar-refractivity contribution in [1.82, 2.24) is 9.97 Å². The minimum atomic E-state index is -2.76. The number of pyridine rings is 2. The highest BCUT2D eigenvalue weighted by Crippen LogP contribution is 2.47. The van der Waals surface area contributed by atoms with Crippen LogP contribution in [-0.2, 0) is 5.54 Å². The lowest BCUT2D eigenvalue weighted by molar-refractivity contribution is 0.146. The Morgan fingerprint density at radius 1 is 0.844 bits per heavy atom. The van der Waals surface area contributed by atoms with E-state index in [2.05, 4.69) is 9.97 Å². The van der Waals surface area contributed by atoms with Crippen molar-refractivity contribution in [3.8, 4) is 11.1 Å². The number of alkyl halides is 2. The number of hydrogen-bond acceptors (Lipinski definition) is 4. The highest BCUT2D eigenvalue weighted by Gasteiger charge is 2.44. The van der Waals surface area contributed by atoms with Gasteiger partial charge in [-0.05, 0) is 52.6 Å². The molecule has 3 heterocycles. The Morgan fingerprint density at radius 3 is 2.41 bits per heavy atom. The molecule has 0 spiro atoms. The van der Waals surface area contributed by atoms with Crippen LogP contribution in [0.3, 0.4) is 0 Å². The Labute approximate surface area is 182 Å². The molecule has 1 atom stereocenters. The Bertz CT molecular complexity index is 1340. The number of rotatable bonds is 4. The van der Waals surface area contributed by atoms with Gasteiger partial charge in [-0.15, -0.1) is 0 Å². The van der Waals surface area contributed by atoms with Gasteiger partial charge in [0, 0.05) is 24.2 Å². The molecule has 2 N–H and O–H groups in total. The van der Waals surface area contributed by atoms with E-state index in [1.807, 2.05) is 36.4 Å². The summed E-state index contributed by atoms with van der Waals surface area (Å²) in [5.74, 6) is -0.502. The molecule has 2 aromatic heterocycles. The van der Waals surface area contributed by atoms with Crippen molar-refractivity contribution in [2.24, 2.45) is 10.7 Å². The van der Waals surface area contributed by atoms with Gasteiger partial charge in [0.15, 0.2) is 0 Å². The minimum absolute atomic E-state index is 0.0142.